The summed E-state index contributed by atoms with van der Waals surface area (Å²) in [4.78, 5) is 4.37. The molecule has 1 unspecified atom stereocenters. The number of pyridine rings is 1. The summed E-state index contributed by atoms with van der Waals surface area (Å²) in [6.07, 6.45) is 2.63. The molecule has 88 valence electrons. The van der Waals surface area contributed by atoms with Crippen molar-refractivity contribution in [3.05, 3.63) is 63.9 Å². The van der Waals surface area contributed by atoms with Crippen LogP contribution in [0.2, 0.25) is 0 Å². The molecule has 2 rings (SSSR count). The van der Waals surface area contributed by atoms with Gasteiger partial charge in [-0.3, -0.25) is 4.98 Å². The maximum atomic E-state index is 6.38. The lowest BCUT2D eigenvalue weighted by Gasteiger charge is -2.09. The number of halogens is 2. The molecular weight excluding hydrogens is 298 g/mol. The normalized spacial score (nSPS) is 12.4. The number of benzene rings is 1. The minimum Gasteiger partial charge on any atom is -0.261 e. The highest BCUT2D eigenvalue weighted by molar-refractivity contribution is 9.10. The van der Waals surface area contributed by atoms with E-state index in [9.17, 15) is 0 Å². The van der Waals surface area contributed by atoms with Crippen molar-refractivity contribution in [2.75, 3.05) is 0 Å². The molecule has 1 nitrogen and oxygen atoms in total. The van der Waals surface area contributed by atoms with Gasteiger partial charge >= 0.3 is 0 Å². The lowest BCUT2D eigenvalue weighted by molar-refractivity contribution is 0.878. The van der Waals surface area contributed by atoms with Crippen molar-refractivity contribution in [2.45, 2.75) is 18.7 Å². The molecule has 1 heterocycles. The van der Waals surface area contributed by atoms with E-state index in [0.717, 1.165) is 22.2 Å². The van der Waals surface area contributed by atoms with Gasteiger partial charge in [-0.25, -0.2) is 0 Å². The SMILES string of the molecule is Cc1ccc(CC(Cl)c2ccc(Br)cc2)nc1. The van der Waals surface area contributed by atoms with E-state index < -0.39 is 0 Å². The van der Waals surface area contributed by atoms with Crippen molar-refractivity contribution in [2.24, 2.45) is 0 Å². The monoisotopic (exact) mass is 309 g/mol. The molecule has 0 amide bonds. The zero-order chi connectivity index (χ0) is 12.3. The predicted octanol–water partition coefficient (Wildman–Crippen LogP) is 4.68. The average molecular weight is 311 g/mol. The highest BCUT2D eigenvalue weighted by atomic mass is 79.9. The van der Waals surface area contributed by atoms with Crippen LogP contribution in [-0.2, 0) is 6.42 Å². The minimum absolute atomic E-state index is 0.0293. The molecule has 3 heteroatoms. The van der Waals surface area contributed by atoms with Crippen molar-refractivity contribution in [3.8, 4) is 0 Å². The molecule has 0 saturated carbocycles. The molecule has 0 fully saturated rings. The van der Waals surface area contributed by atoms with Crippen LogP contribution in [0.15, 0.2) is 47.1 Å². The third kappa shape index (κ3) is 3.55. The van der Waals surface area contributed by atoms with Gasteiger partial charge in [0, 0.05) is 22.8 Å². The largest absolute Gasteiger partial charge is 0.261 e. The van der Waals surface area contributed by atoms with Gasteiger partial charge in [-0.1, -0.05) is 34.1 Å². The molecule has 1 aromatic heterocycles. The first-order valence-corrected chi connectivity index (χ1v) is 6.69. The minimum atomic E-state index is -0.0293. The Morgan fingerprint density at radius 2 is 1.88 bits per heavy atom. The number of alkyl halides is 1. The van der Waals surface area contributed by atoms with Crippen molar-refractivity contribution < 1.29 is 0 Å². The van der Waals surface area contributed by atoms with Gasteiger partial charge in [-0.15, -0.1) is 11.6 Å². The van der Waals surface area contributed by atoms with E-state index in [1.165, 1.54) is 5.56 Å². The molecule has 0 aliphatic heterocycles. The number of hydrogen-bond donors (Lipinski definition) is 0. The van der Waals surface area contributed by atoms with Crippen LogP contribution < -0.4 is 0 Å². The Bertz CT molecular complexity index is 479. The standard InChI is InChI=1S/C14H13BrClN/c1-10-2-7-13(17-9-10)8-14(16)11-3-5-12(15)6-4-11/h2-7,9,14H,8H2,1H3. The molecule has 0 aliphatic carbocycles. The smallest absolute Gasteiger partial charge is 0.0640 e. The Kier molecular flexibility index (Phi) is 4.19. The summed E-state index contributed by atoms with van der Waals surface area (Å²) in [5.74, 6) is 0. The third-order valence-corrected chi connectivity index (χ3v) is 3.53. The summed E-state index contributed by atoms with van der Waals surface area (Å²) in [6, 6.07) is 12.2. The van der Waals surface area contributed by atoms with Crippen LogP contribution in [0.5, 0.6) is 0 Å². The number of aromatic nitrogens is 1. The van der Waals surface area contributed by atoms with Gasteiger partial charge < -0.3 is 0 Å². The second-order valence-electron chi connectivity index (χ2n) is 4.05. The quantitative estimate of drug-likeness (QED) is 0.750. The first-order chi connectivity index (χ1) is 8.15. The van der Waals surface area contributed by atoms with Gasteiger partial charge in [0.15, 0.2) is 0 Å². The van der Waals surface area contributed by atoms with Gasteiger partial charge in [0.25, 0.3) is 0 Å². The molecule has 0 bridgehead atoms. The van der Waals surface area contributed by atoms with E-state index in [0.29, 0.717) is 0 Å². The van der Waals surface area contributed by atoms with Gasteiger partial charge in [0.1, 0.15) is 0 Å². The summed E-state index contributed by atoms with van der Waals surface area (Å²) < 4.78 is 1.07. The van der Waals surface area contributed by atoms with E-state index in [1.807, 2.05) is 43.5 Å². The number of nitrogens with zero attached hydrogens (tertiary/aromatic N) is 1. The maximum absolute atomic E-state index is 6.38. The summed E-state index contributed by atoms with van der Waals surface area (Å²) in [6.45, 7) is 2.03. The molecule has 0 radical (unpaired) electrons. The van der Waals surface area contributed by atoms with Crippen LogP contribution in [0.4, 0.5) is 0 Å². The lowest BCUT2D eigenvalue weighted by Crippen LogP contribution is -1.98. The Morgan fingerprint density at radius 1 is 1.18 bits per heavy atom. The van der Waals surface area contributed by atoms with Gasteiger partial charge in [-0.2, -0.15) is 0 Å². The van der Waals surface area contributed by atoms with Crippen LogP contribution >= 0.6 is 27.5 Å². The molecule has 0 N–H and O–H groups in total. The van der Waals surface area contributed by atoms with Crippen molar-refractivity contribution in [3.63, 3.8) is 0 Å². The highest BCUT2D eigenvalue weighted by Gasteiger charge is 2.09. The predicted molar refractivity (Wildman–Crippen MR) is 75.4 cm³/mol. The zero-order valence-electron chi connectivity index (χ0n) is 9.53. The maximum Gasteiger partial charge on any atom is 0.0640 e. The molecule has 17 heavy (non-hydrogen) atoms. The topological polar surface area (TPSA) is 12.9 Å². The average Bonchev–Trinajstić information content (AvgIpc) is 2.33. The Hall–Kier alpha value is -0.860. The fourth-order valence-electron chi connectivity index (χ4n) is 1.59. The van der Waals surface area contributed by atoms with Gasteiger partial charge in [0.2, 0.25) is 0 Å². The number of aryl methyl sites for hydroxylation is 1. The Labute approximate surface area is 115 Å². The van der Waals surface area contributed by atoms with Crippen molar-refractivity contribution >= 4 is 27.5 Å². The molecule has 1 atom stereocenters. The number of rotatable bonds is 3. The third-order valence-electron chi connectivity index (χ3n) is 2.59. The van der Waals surface area contributed by atoms with E-state index >= 15 is 0 Å². The van der Waals surface area contributed by atoms with Crippen LogP contribution in [0.3, 0.4) is 0 Å². The Balaban J connectivity index is 2.08. The fourth-order valence-corrected chi connectivity index (χ4v) is 2.16. The first kappa shape index (κ1) is 12.6. The first-order valence-electron chi connectivity index (χ1n) is 5.46. The van der Waals surface area contributed by atoms with Gasteiger partial charge in [0.05, 0.1) is 5.38 Å². The van der Waals surface area contributed by atoms with E-state index in [1.54, 1.807) is 0 Å². The van der Waals surface area contributed by atoms with Crippen LogP contribution in [-0.4, -0.2) is 4.98 Å². The van der Waals surface area contributed by atoms with E-state index in [2.05, 4.69) is 27.0 Å². The van der Waals surface area contributed by atoms with Crippen LogP contribution in [0.1, 0.15) is 22.2 Å². The second kappa shape index (κ2) is 5.65. The molecule has 2 aromatic rings. The van der Waals surface area contributed by atoms with E-state index in [-0.39, 0.29) is 5.38 Å². The molecule has 0 spiro atoms. The van der Waals surface area contributed by atoms with Crippen LogP contribution in [0.25, 0.3) is 0 Å². The molecule has 0 saturated heterocycles. The van der Waals surface area contributed by atoms with Gasteiger partial charge in [-0.05, 0) is 36.2 Å². The lowest BCUT2D eigenvalue weighted by atomic mass is 10.1. The Morgan fingerprint density at radius 3 is 2.47 bits per heavy atom. The molecule has 1 aromatic carbocycles. The summed E-state index contributed by atoms with van der Waals surface area (Å²) in [5.41, 5.74) is 3.32. The highest BCUT2D eigenvalue weighted by Crippen LogP contribution is 2.25. The number of hydrogen-bond acceptors (Lipinski definition) is 1. The summed E-state index contributed by atoms with van der Waals surface area (Å²) in [5, 5.41) is -0.0293. The zero-order valence-corrected chi connectivity index (χ0v) is 11.9. The molecular formula is C14H13BrClN. The molecule has 0 aliphatic rings. The van der Waals surface area contributed by atoms with E-state index in [4.69, 9.17) is 11.6 Å². The second-order valence-corrected chi connectivity index (χ2v) is 5.49. The van der Waals surface area contributed by atoms with Crippen molar-refractivity contribution in [1.82, 2.24) is 4.98 Å². The van der Waals surface area contributed by atoms with Crippen molar-refractivity contribution in [1.29, 1.82) is 0 Å². The fraction of sp³-hybridized carbons (Fsp3) is 0.214. The van der Waals surface area contributed by atoms with Crippen LogP contribution in [0, 0.1) is 6.92 Å². The summed E-state index contributed by atoms with van der Waals surface area (Å²) >= 11 is 9.79. The summed E-state index contributed by atoms with van der Waals surface area (Å²) in [7, 11) is 0.